The van der Waals surface area contributed by atoms with Gasteiger partial charge in [0, 0.05) is 12.4 Å². The summed E-state index contributed by atoms with van der Waals surface area (Å²) < 4.78 is 7.58. The molecule has 84 valence electrons. The number of alkyl halides is 1. The van der Waals surface area contributed by atoms with Crippen LogP contribution in [0.25, 0.3) is 0 Å². The molecule has 0 saturated heterocycles. The molecule has 2 rings (SSSR count). The number of halogens is 1. The molecule has 0 amide bonds. The fraction of sp³-hybridized carbons (Fsp3) is 0.250. The van der Waals surface area contributed by atoms with E-state index >= 15 is 0 Å². The van der Waals surface area contributed by atoms with Gasteiger partial charge in [0.15, 0.2) is 0 Å². The van der Waals surface area contributed by atoms with E-state index in [4.69, 9.17) is 16.3 Å². The fourth-order valence-corrected chi connectivity index (χ4v) is 1.68. The summed E-state index contributed by atoms with van der Waals surface area (Å²) in [6.07, 6.45) is 3.66. The van der Waals surface area contributed by atoms with Gasteiger partial charge in [-0.25, -0.2) is 4.98 Å². The largest absolute Gasteiger partial charge is 0.492 e. The molecule has 0 bridgehead atoms. The van der Waals surface area contributed by atoms with E-state index in [-0.39, 0.29) is 0 Å². The van der Waals surface area contributed by atoms with Crippen molar-refractivity contribution >= 4 is 11.6 Å². The molecule has 0 radical (unpaired) electrons. The van der Waals surface area contributed by atoms with E-state index < -0.39 is 0 Å². The van der Waals surface area contributed by atoms with E-state index in [1.54, 1.807) is 6.20 Å². The highest BCUT2D eigenvalue weighted by atomic mass is 35.5. The van der Waals surface area contributed by atoms with Gasteiger partial charge in [0.2, 0.25) is 0 Å². The van der Waals surface area contributed by atoms with Crippen LogP contribution in [0.5, 0.6) is 5.75 Å². The second kappa shape index (κ2) is 5.56. The fourth-order valence-electron chi connectivity index (χ4n) is 1.45. The predicted molar refractivity (Wildman–Crippen MR) is 63.7 cm³/mol. The number of imidazole rings is 1. The Morgan fingerprint density at radius 3 is 2.81 bits per heavy atom. The Hall–Kier alpha value is -1.48. The van der Waals surface area contributed by atoms with Crippen molar-refractivity contribution in [3.63, 3.8) is 0 Å². The third-order valence-corrected chi connectivity index (χ3v) is 2.50. The highest BCUT2D eigenvalue weighted by Crippen LogP contribution is 2.08. The van der Waals surface area contributed by atoms with Gasteiger partial charge in [-0.15, -0.1) is 11.6 Å². The topological polar surface area (TPSA) is 27.1 Å². The van der Waals surface area contributed by atoms with Crippen molar-refractivity contribution in [3.8, 4) is 5.75 Å². The molecule has 0 fully saturated rings. The van der Waals surface area contributed by atoms with E-state index in [0.29, 0.717) is 12.5 Å². The lowest BCUT2D eigenvalue weighted by atomic mass is 10.3. The third kappa shape index (κ3) is 2.76. The summed E-state index contributed by atoms with van der Waals surface area (Å²) in [7, 11) is 0. The van der Waals surface area contributed by atoms with Crippen molar-refractivity contribution in [3.05, 3.63) is 48.5 Å². The Morgan fingerprint density at radius 1 is 1.25 bits per heavy atom. The Balaban J connectivity index is 1.85. The van der Waals surface area contributed by atoms with E-state index in [9.17, 15) is 0 Å². The van der Waals surface area contributed by atoms with Crippen molar-refractivity contribution in [2.75, 3.05) is 6.61 Å². The molecule has 1 heterocycles. The van der Waals surface area contributed by atoms with Crippen LogP contribution in [0.4, 0.5) is 0 Å². The maximum Gasteiger partial charge on any atom is 0.123 e. The van der Waals surface area contributed by atoms with Crippen LogP contribution in [-0.4, -0.2) is 16.2 Å². The van der Waals surface area contributed by atoms with Gasteiger partial charge in [-0.2, -0.15) is 0 Å². The molecule has 0 saturated carbocycles. The first-order valence-corrected chi connectivity index (χ1v) is 5.67. The van der Waals surface area contributed by atoms with Crippen molar-refractivity contribution in [2.45, 2.75) is 12.4 Å². The molecule has 0 atom stereocenters. The highest BCUT2D eigenvalue weighted by Gasteiger charge is 2.00. The molecular weight excluding hydrogens is 224 g/mol. The lowest BCUT2D eigenvalue weighted by Gasteiger charge is -2.08. The summed E-state index contributed by atoms with van der Waals surface area (Å²) in [5.74, 6) is 2.19. The monoisotopic (exact) mass is 236 g/mol. The molecule has 3 nitrogen and oxygen atoms in total. The normalized spacial score (nSPS) is 10.3. The number of hydrogen-bond donors (Lipinski definition) is 0. The van der Waals surface area contributed by atoms with E-state index in [2.05, 4.69) is 4.98 Å². The second-order valence-corrected chi connectivity index (χ2v) is 3.60. The molecule has 2 aromatic rings. The highest BCUT2D eigenvalue weighted by molar-refractivity contribution is 6.16. The molecule has 0 aliphatic heterocycles. The molecular formula is C12H13ClN2O. The number of aromatic nitrogens is 2. The van der Waals surface area contributed by atoms with Gasteiger partial charge >= 0.3 is 0 Å². The minimum absolute atomic E-state index is 0.429. The molecule has 0 spiro atoms. The number of benzene rings is 1. The summed E-state index contributed by atoms with van der Waals surface area (Å²) in [6, 6.07) is 9.76. The van der Waals surface area contributed by atoms with E-state index in [1.807, 2.05) is 41.1 Å². The number of nitrogens with zero attached hydrogens (tertiary/aromatic N) is 2. The van der Waals surface area contributed by atoms with Crippen LogP contribution in [-0.2, 0) is 12.4 Å². The van der Waals surface area contributed by atoms with Crippen LogP contribution >= 0.6 is 11.6 Å². The molecule has 4 heteroatoms. The summed E-state index contributed by atoms with van der Waals surface area (Å²) in [6.45, 7) is 1.38. The zero-order chi connectivity index (χ0) is 11.2. The number of rotatable bonds is 5. The molecule has 0 N–H and O–H groups in total. The van der Waals surface area contributed by atoms with Gasteiger partial charge in [-0.3, -0.25) is 0 Å². The van der Waals surface area contributed by atoms with Crippen LogP contribution in [0.3, 0.4) is 0 Å². The summed E-state index contributed by atoms with van der Waals surface area (Å²) in [5, 5.41) is 0. The minimum atomic E-state index is 0.429. The maximum atomic E-state index is 5.75. The molecule has 16 heavy (non-hydrogen) atoms. The number of hydrogen-bond acceptors (Lipinski definition) is 2. The minimum Gasteiger partial charge on any atom is -0.492 e. The number of para-hydroxylation sites is 1. The van der Waals surface area contributed by atoms with E-state index in [1.165, 1.54) is 0 Å². The SMILES string of the molecule is ClCc1nccn1CCOc1ccccc1. The standard InChI is InChI=1S/C12H13ClN2O/c13-10-12-14-6-7-15(12)8-9-16-11-4-2-1-3-5-11/h1-7H,8-10H2. The van der Waals surface area contributed by atoms with Crippen LogP contribution < -0.4 is 4.74 Å². The molecule has 0 aliphatic rings. The zero-order valence-corrected chi connectivity index (χ0v) is 9.60. The second-order valence-electron chi connectivity index (χ2n) is 3.33. The average molecular weight is 237 g/mol. The Labute approximate surface area is 99.6 Å². The Morgan fingerprint density at radius 2 is 2.06 bits per heavy atom. The van der Waals surface area contributed by atoms with Crippen molar-refractivity contribution in [1.82, 2.24) is 9.55 Å². The smallest absolute Gasteiger partial charge is 0.123 e. The average Bonchev–Trinajstić information content (AvgIpc) is 2.78. The first-order valence-electron chi connectivity index (χ1n) is 5.14. The van der Waals surface area contributed by atoms with Crippen LogP contribution in [0, 0.1) is 0 Å². The van der Waals surface area contributed by atoms with Crippen molar-refractivity contribution in [1.29, 1.82) is 0 Å². The molecule has 0 aliphatic carbocycles. The van der Waals surface area contributed by atoms with Crippen LogP contribution in [0.1, 0.15) is 5.82 Å². The third-order valence-electron chi connectivity index (χ3n) is 2.27. The van der Waals surface area contributed by atoms with Crippen LogP contribution in [0.2, 0.25) is 0 Å². The van der Waals surface area contributed by atoms with Crippen molar-refractivity contribution < 1.29 is 4.74 Å². The zero-order valence-electron chi connectivity index (χ0n) is 8.84. The van der Waals surface area contributed by atoms with Gasteiger partial charge in [0.1, 0.15) is 18.2 Å². The van der Waals surface area contributed by atoms with Gasteiger partial charge in [-0.1, -0.05) is 18.2 Å². The van der Waals surface area contributed by atoms with Gasteiger partial charge < -0.3 is 9.30 Å². The lowest BCUT2D eigenvalue weighted by molar-refractivity contribution is 0.297. The first kappa shape index (κ1) is 11.0. The van der Waals surface area contributed by atoms with Gasteiger partial charge in [0.25, 0.3) is 0 Å². The van der Waals surface area contributed by atoms with Crippen molar-refractivity contribution in [2.24, 2.45) is 0 Å². The lowest BCUT2D eigenvalue weighted by Crippen LogP contribution is -2.09. The summed E-state index contributed by atoms with van der Waals surface area (Å²) >= 11 is 5.75. The quantitative estimate of drug-likeness (QED) is 0.747. The Kier molecular flexibility index (Phi) is 3.83. The van der Waals surface area contributed by atoms with E-state index in [0.717, 1.165) is 18.1 Å². The summed E-state index contributed by atoms with van der Waals surface area (Å²) in [4.78, 5) is 4.14. The Bertz CT molecular complexity index is 428. The van der Waals surface area contributed by atoms with Gasteiger partial charge in [-0.05, 0) is 12.1 Å². The number of ether oxygens (including phenoxy) is 1. The molecule has 1 aromatic carbocycles. The maximum absolute atomic E-state index is 5.75. The first-order chi connectivity index (χ1) is 7.90. The predicted octanol–water partition coefficient (Wildman–Crippen LogP) is 2.70. The molecule has 1 aromatic heterocycles. The van der Waals surface area contributed by atoms with Crippen LogP contribution in [0.15, 0.2) is 42.7 Å². The van der Waals surface area contributed by atoms with Gasteiger partial charge in [0.05, 0.1) is 12.4 Å². The molecule has 0 unspecified atom stereocenters. The summed E-state index contributed by atoms with van der Waals surface area (Å²) in [5.41, 5.74) is 0.